The lowest BCUT2D eigenvalue weighted by Crippen LogP contribution is -2.36. The van der Waals surface area contributed by atoms with Crippen LogP contribution in [0.1, 0.15) is 47.2 Å². The number of nitrogens with one attached hydrogen (secondary N) is 3. The Labute approximate surface area is 164 Å². The molecule has 1 aliphatic carbocycles. The SMILES string of the molecule is Cc1ccccc1CNC(=O)C(=O)Nc1ccccc1C(=O)NC1CCCC1. The molecule has 6 heteroatoms. The fraction of sp³-hybridized carbons (Fsp3) is 0.318. The van der Waals surface area contributed by atoms with Gasteiger partial charge in [0.05, 0.1) is 11.3 Å². The summed E-state index contributed by atoms with van der Waals surface area (Å²) in [6.07, 6.45) is 4.18. The first-order chi connectivity index (χ1) is 13.5. The highest BCUT2D eigenvalue weighted by atomic mass is 16.2. The summed E-state index contributed by atoms with van der Waals surface area (Å²) in [6, 6.07) is 14.5. The minimum Gasteiger partial charge on any atom is -0.349 e. The van der Waals surface area contributed by atoms with E-state index in [0.717, 1.165) is 36.8 Å². The van der Waals surface area contributed by atoms with E-state index < -0.39 is 11.8 Å². The van der Waals surface area contributed by atoms with Gasteiger partial charge in [0.25, 0.3) is 5.91 Å². The zero-order valence-corrected chi connectivity index (χ0v) is 16.0. The molecule has 0 heterocycles. The Morgan fingerprint density at radius 1 is 0.929 bits per heavy atom. The van der Waals surface area contributed by atoms with Crippen LogP contribution in [0.3, 0.4) is 0 Å². The summed E-state index contributed by atoms with van der Waals surface area (Å²) < 4.78 is 0. The molecule has 3 rings (SSSR count). The van der Waals surface area contributed by atoms with Crippen LogP contribution in [0.4, 0.5) is 5.69 Å². The van der Waals surface area contributed by atoms with Crippen molar-refractivity contribution in [1.82, 2.24) is 10.6 Å². The first kappa shape index (κ1) is 19.6. The molecule has 3 amide bonds. The summed E-state index contributed by atoms with van der Waals surface area (Å²) in [5.41, 5.74) is 2.67. The van der Waals surface area contributed by atoms with E-state index in [1.165, 1.54) is 0 Å². The van der Waals surface area contributed by atoms with Crippen molar-refractivity contribution in [3.63, 3.8) is 0 Å². The van der Waals surface area contributed by atoms with Gasteiger partial charge in [-0.25, -0.2) is 0 Å². The summed E-state index contributed by atoms with van der Waals surface area (Å²) in [5, 5.41) is 8.17. The third-order valence-electron chi connectivity index (χ3n) is 5.02. The van der Waals surface area contributed by atoms with Crippen molar-refractivity contribution in [1.29, 1.82) is 0 Å². The van der Waals surface area contributed by atoms with Crippen LogP contribution in [0.2, 0.25) is 0 Å². The van der Waals surface area contributed by atoms with Crippen LogP contribution in [-0.4, -0.2) is 23.8 Å². The normalized spacial score (nSPS) is 13.8. The molecule has 0 radical (unpaired) electrons. The van der Waals surface area contributed by atoms with Crippen molar-refractivity contribution >= 4 is 23.4 Å². The van der Waals surface area contributed by atoms with Crippen LogP contribution in [0.25, 0.3) is 0 Å². The number of carbonyl (C=O) groups is 3. The van der Waals surface area contributed by atoms with E-state index in [4.69, 9.17) is 0 Å². The van der Waals surface area contributed by atoms with Crippen molar-refractivity contribution in [2.75, 3.05) is 5.32 Å². The van der Waals surface area contributed by atoms with Crippen molar-refractivity contribution in [2.45, 2.75) is 45.2 Å². The van der Waals surface area contributed by atoms with E-state index in [9.17, 15) is 14.4 Å². The molecular formula is C22H25N3O3. The fourth-order valence-electron chi connectivity index (χ4n) is 3.37. The molecule has 0 unspecified atom stereocenters. The summed E-state index contributed by atoms with van der Waals surface area (Å²) in [4.78, 5) is 37.0. The average Bonchev–Trinajstić information content (AvgIpc) is 3.20. The Balaban J connectivity index is 1.61. The van der Waals surface area contributed by atoms with E-state index in [2.05, 4.69) is 16.0 Å². The number of aryl methyl sites for hydroxylation is 1. The van der Waals surface area contributed by atoms with E-state index in [1.54, 1.807) is 24.3 Å². The minimum absolute atomic E-state index is 0.175. The van der Waals surface area contributed by atoms with Crippen LogP contribution in [0.15, 0.2) is 48.5 Å². The molecule has 0 aromatic heterocycles. The fourth-order valence-corrected chi connectivity index (χ4v) is 3.37. The lowest BCUT2D eigenvalue weighted by molar-refractivity contribution is -0.136. The highest BCUT2D eigenvalue weighted by Gasteiger charge is 2.21. The number of anilines is 1. The third-order valence-corrected chi connectivity index (χ3v) is 5.02. The highest BCUT2D eigenvalue weighted by molar-refractivity contribution is 6.40. The molecule has 28 heavy (non-hydrogen) atoms. The van der Waals surface area contributed by atoms with E-state index in [-0.39, 0.29) is 18.5 Å². The molecule has 1 aliphatic rings. The molecule has 0 aliphatic heterocycles. The highest BCUT2D eigenvalue weighted by Crippen LogP contribution is 2.20. The molecule has 0 bridgehead atoms. The Kier molecular flexibility index (Phi) is 6.42. The molecule has 2 aromatic carbocycles. The molecule has 0 spiro atoms. The van der Waals surface area contributed by atoms with E-state index in [1.807, 2.05) is 31.2 Å². The van der Waals surface area contributed by atoms with Crippen LogP contribution in [0, 0.1) is 6.92 Å². The number of para-hydroxylation sites is 1. The lowest BCUT2D eigenvalue weighted by atomic mass is 10.1. The molecule has 1 saturated carbocycles. The Bertz CT molecular complexity index is 873. The second-order valence-corrected chi connectivity index (χ2v) is 7.06. The minimum atomic E-state index is -0.797. The number of hydrogen-bond acceptors (Lipinski definition) is 3. The van der Waals surface area contributed by atoms with E-state index >= 15 is 0 Å². The third kappa shape index (κ3) is 4.97. The molecule has 2 aromatic rings. The maximum atomic E-state index is 12.6. The summed E-state index contributed by atoms with van der Waals surface area (Å²) in [6.45, 7) is 2.21. The van der Waals surface area contributed by atoms with Gasteiger partial charge in [-0.1, -0.05) is 49.2 Å². The van der Waals surface area contributed by atoms with Crippen LogP contribution in [-0.2, 0) is 16.1 Å². The predicted molar refractivity (Wildman–Crippen MR) is 108 cm³/mol. The van der Waals surface area contributed by atoms with Gasteiger partial charge in [-0.15, -0.1) is 0 Å². The summed E-state index contributed by atoms with van der Waals surface area (Å²) >= 11 is 0. The van der Waals surface area contributed by atoms with Gasteiger partial charge in [-0.2, -0.15) is 0 Å². The van der Waals surface area contributed by atoms with Gasteiger partial charge >= 0.3 is 11.8 Å². The van der Waals surface area contributed by atoms with Gasteiger partial charge < -0.3 is 16.0 Å². The molecule has 3 N–H and O–H groups in total. The van der Waals surface area contributed by atoms with Crippen LogP contribution in [0.5, 0.6) is 0 Å². The smallest absolute Gasteiger partial charge is 0.313 e. The monoisotopic (exact) mass is 379 g/mol. The Morgan fingerprint density at radius 3 is 2.36 bits per heavy atom. The topological polar surface area (TPSA) is 87.3 Å². The van der Waals surface area contributed by atoms with Gasteiger partial charge in [0.2, 0.25) is 0 Å². The molecule has 146 valence electrons. The Morgan fingerprint density at radius 2 is 1.61 bits per heavy atom. The largest absolute Gasteiger partial charge is 0.349 e. The van der Waals surface area contributed by atoms with Crippen molar-refractivity contribution in [3.05, 3.63) is 65.2 Å². The van der Waals surface area contributed by atoms with Crippen molar-refractivity contribution in [2.24, 2.45) is 0 Å². The lowest BCUT2D eigenvalue weighted by Gasteiger charge is -2.15. The van der Waals surface area contributed by atoms with Gasteiger partial charge in [-0.05, 0) is 43.0 Å². The maximum Gasteiger partial charge on any atom is 0.313 e. The second-order valence-electron chi connectivity index (χ2n) is 7.06. The van der Waals surface area contributed by atoms with Gasteiger partial charge in [0.1, 0.15) is 0 Å². The quantitative estimate of drug-likeness (QED) is 0.698. The van der Waals surface area contributed by atoms with Gasteiger partial charge in [-0.3, -0.25) is 14.4 Å². The average molecular weight is 379 g/mol. The van der Waals surface area contributed by atoms with Gasteiger partial charge in [0.15, 0.2) is 0 Å². The molecule has 6 nitrogen and oxygen atoms in total. The molecule has 0 saturated heterocycles. The second kappa shape index (κ2) is 9.17. The van der Waals surface area contributed by atoms with Crippen molar-refractivity contribution in [3.8, 4) is 0 Å². The predicted octanol–water partition coefficient (Wildman–Crippen LogP) is 2.92. The van der Waals surface area contributed by atoms with Crippen LogP contribution >= 0.6 is 0 Å². The zero-order chi connectivity index (χ0) is 19.9. The van der Waals surface area contributed by atoms with Crippen LogP contribution < -0.4 is 16.0 Å². The van der Waals surface area contributed by atoms with Gasteiger partial charge in [0, 0.05) is 12.6 Å². The van der Waals surface area contributed by atoms with E-state index in [0.29, 0.717) is 11.3 Å². The molecular weight excluding hydrogens is 354 g/mol. The molecule has 1 fully saturated rings. The summed E-state index contributed by atoms with van der Waals surface area (Å²) in [7, 11) is 0. The first-order valence-electron chi connectivity index (χ1n) is 9.58. The number of hydrogen-bond donors (Lipinski definition) is 3. The number of rotatable bonds is 5. The standard InChI is InChI=1S/C22H25N3O3/c1-15-8-2-3-9-16(15)14-23-21(27)22(28)25-19-13-7-6-12-18(19)20(26)24-17-10-4-5-11-17/h2-3,6-9,12-13,17H,4-5,10-11,14H2,1H3,(H,23,27)(H,24,26)(H,25,28). The summed E-state index contributed by atoms with van der Waals surface area (Å²) in [5.74, 6) is -1.77. The maximum absolute atomic E-state index is 12.6. The number of carbonyl (C=O) groups excluding carboxylic acids is 3. The van der Waals surface area contributed by atoms with Crippen molar-refractivity contribution < 1.29 is 14.4 Å². The first-order valence-corrected chi connectivity index (χ1v) is 9.58. The number of benzene rings is 2. The molecule has 0 atom stereocenters. The number of amides is 3. The zero-order valence-electron chi connectivity index (χ0n) is 16.0. The Hall–Kier alpha value is -3.15.